The van der Waals surface area contributed by atoms with Gasteiger partial charge in [0, 0.05) is 12.8 Å². The van der Waals surface area contributed by atoms with E-state index in [1.54, 1.807) is 42.5 Å². The normalized spacial score (nSPS) is 13.1. The molecule has 2 unspecified atom stereocenters. The zero-order valence-corrected chi connectivity index (χ0v) is 27.3. The molecule has 5 rings (SSSR count). The van der Waals surface area contributed by atoms with Crippen molar-refractivity contribution >= 4 is 43.5 Å². The number of ether oxygens (including phenoxy) is 2. The Morgan fingerprint density at radius 3 is 2.42 bits per heavy atom. The fraction of sp³-hybridized carbons (Fsp3) is 0.258. The average molecular weight is 737 g/mol. The van der Waals surface area contributed by atoms with E-state index in [0.717, 1.165) is 29.5 Å². The fourth-order valence-corrected chi connectivity index (χ4v) is 6.46. The Kier molecular flexibility index (Phi) is 11.0. The summed E-state index contributed by atoms with van der Waals surface area (Å²) in [7, 11) is -3.99. The van der Waals surface area contributed by atoms with E-state index >= 15 is 0 Å². The van der Waals surface area contributed by atoms with Crippen LogP contribution in [0.5, 0.6) is 11.5 Å². The van der Waals surface area contributed by atoms with Crippen molar-refractivity contribution in [3.8, 4) is 11.5 Å². The highest BCUT2D eigenvalue weighted by atomic mass is 32.2. The van der Waals surface area contributed by atoms with Gasteiger partial charge in [-0.15, -0.1) is 16.4 Å². The molecule has 0 aliphatic heterocycles. The number of aliphatic carboxylic acids is 1. The first kappa shape index (κ1) is 36.1. The van der Waals surface area contributed by atoms with Gasteiger partial charge in [-0.3, -0.25) is 4.79 Å². The lowest BCUT2D eigenvalue weighted by molar-refractivity contribution is -0.142. The smallest absolute Gasteiger partial charge is 0.416 e. The number of benzene rings is 3. The maximum Gasteiger partial charge on any atom is 0.416 e. The molecule has 0 aliphatic rings. The number of thiazole rings is 1. The number of carbonyl (C=O) groups excluding carboxylic acids is 1. The molecule has 5 aromatic rings. The molecule has 0 aliphatic carbocycles. The third kappa shape index (κ3) is 9.30. The van der Waals surface area contributed by atoms with E-state index in [-0.39, 0.29) is 35.2 Å². The van der Waals surface area contributed by atoms with Crippen molar-refractivity contribution in [2.45, 2.75) is 42.0 Å². The summed E-state index contributed by atoms with van der Waals surface area (Å²) in [6, 6.07) is 12.5. The Morgan fingerprint density at radius 1 is 1.00 bits per heavy atom. The highest BCUT2D eigenvalue weighted by Crippen LogP contribution is 2.30. The fourth-order valence-electron chi connectivity index (χ4n) is 4.77. The van der Waals surface area contributed by atoms with Gasteiger partial charge in [0.1, 0.15) is 49.2 Å². The molecule has 0 radical (unpaired) electrons. The highest BCUT2D eigenvalue weighted by Gasteiger charge is 2.32. The van der Waals surface area contributed by atoms with Gasteiger partial charge in [0.2, 0.25) is 10.2 Å². The number of nitrogens with two attached hydrogens (primary N) is 1. The molecule has 1 amide bonds. The quantitative estimate of drug-likeness (QED) is 0.132. The second kappa shape index (κ2) is 15.2. The topological polar surface area (TPSA) is 189 Å². The van der Waals surface area contributed by atoms with Gasteiger partial charge < -0.3 is 19.9 Å². The molecule has 2 aromatic heterocycles. The number of aromatic nitrogens is 4. The van der Waals surface area contributed by atoms with Gasteiger partial charge in [0.05, 0.1) is 22.0 Å². The zero-order chi connectivity index (χ0) is 36.1. The van der Waals surface area contributed by atoms with Crippen molar-refractivity contribution in [3.05, 3.63) is 95.3 Å². The van der Waals surface area contributed by atoms with Crippen LogP contribution in [0.1, 0.15) is 28.4 Å². The van der Waals surface area contributed by atoms with E-state index in [4.69, 9.17) is 14.6 Å². The van der Waals surface area contributed by atoms with Gasteiger partial charge in [-0.05, 0) is 47.5 Å². The number of alkyl halides is 4. The molecule has 2 heterocycles. The van der Waals surface area contributed by atoms with Crippen molar-refractivity contribution in [2.24, 2.45) is 5.14 Å². The maximum atomic E-state index is 13.7. The molecule has 2 atom stereocenters. The Hall–Kier alpha value is -5.14. The van der Waals surface area contributed by atoms with Crippen LogP contribution in [-0.4, -0.2) is 64.7 Å². The van der Waals surface area contributed by atoms with E-state index in [1.165, 1.54) is 16.9 Å². The van der Waals surface area contributed by atoms with Crippen LogP contribution < -0.4 is 19.9 Å². The lowest BCUT2D eigenvalue weighted by Crippen LogP contribution is -2.46. The summed E-state index contributed by atoms with van der Waals surface area (Å²) in [5.74, 6) is -1.54. The van der Waals surface area contributed by atoms with Crippen LogP contribution in [0.4, 0.5) is 17.6 Å². The number of sulfonamides is 1. The summed E-state index contributed by atoms with van der Waals surface area (Å²) >= 11 is 0.869. The van der Waals surface area contributed by atoms with Gasteiger partial charge in [0.15, 0.2) is 0 Å². The molecule has 19 heteroatoms. The van der Waals surface area contributed by atoms with Crippen LogP contribution in [0, 0.1) is 0 Å². The summed E-state index contributed by atoms with van der Waals surface area (Å²) in [6.07, 6.45) is -3.69. The third-order valence-electron chi connectivity index (χ3n) is 7.16. The third-order valence-corrected chi connectivity index (χ3v) is 9.49. The molecular weight excluding hydrogens is 709 g/mol. The largest absolute Gasteiger partial charge is 0.491 e. The van der Waals surface area contributed by atoms with Crippen molar-refractivity contribution in [1.82, 2.24) is 25.3 Å². The molecule has 50 heavy (non-hydrogen) atoms. The molecule has 13 nitrogen and oxygen atoms in total. The molecular formula is C31H28F4N6O7S2. The SMILES string of the molecule is NS(=O)(=O)c1nc2ccc(OCc3cn(C(Cc4ccc(OCCF)cc4)C(=O)NC(Cc4cccc(C(F)(F)F)c4)C(=O)O)nn3)cc2s1. The first-order valence-corrected chi connectivity index (χ1v) is 17.0. The van der Waals surface area contributed by atoms with Crippen molar-refractivity contribution in [1.29, 1.82) is 0 Å². The molecule has 0 saturated carbocycles. The number of carboxylic acid groups (broad SMARTS) is 1. The summed E-state index contributed by atoms with van der Waals surface area (Å²) in [6.45, 7) is -0.965. The Labute approximate surface area is 285 Å². The Morgan fingerprint density at radius 2 is 1.74 bits per heavy atom. The summed E-state index contributed by atoms with van der Waals surface area (Å²) in [5, 5.41) is 25.6. The molecule has 3 aromatic carbocycles. The minimum Gasteiger partial charge on any atom is -0.491 e. The van der Waals surface area contributed by atoms with E-state index in [9.17, 15) is 40.7 Å². The average Bonchev–Trinajstić information content (AvgIpc) is 3.72. The van der Waals surface area contributed by atoms with E-state index in [0.29, 0.717) is 27.3 Å². The number of halogens is 4. The number of amides is 1. The van der Waals surface area contributed by atoms with Gasteiger partial charge in [-0.2, -0.15) is 13.2 Å². The predicted octanol–water partition coefficient (Wildman–Crippen LogP) is 4.08. The van der Waals surface area contributed by atoms with Crippen molar-refractivity contribution < 1.29 is 50.1 Å². The second-order valence-corrected chi connectivity index (χ2v) is 13.6. The van der Waals surface area contributed by atoms with Crippen LogP contribution in [0.3, 0.4) is 0 Å². The van der Waals surface area contributed by atoms with E-state index in [2.05, 4.69) is 20.6 Å². The maximum absolute atomic E-state index is 13.7. The number of primary sulfonamides is 1. The lowest BCUT2D eigenvalue weighted by atomic mass is 10.0. The molecule has 0 spiro atoms. The monoisotopic (exact) mass is 736 g/mol. The first-order valence-electron chi connectivity index (χ1n) is 14.6. The predicted molar refractivity (Wildman–Crippen MR) is 171 cm³/mol. The minimum atomic E-state index is -4.64. The van der Waals surface area contributed by atoms with Crippen LogP contribution in [0.2, 0.25) is 0 Å². The number of nitrogens with one attached hydrogen (secondary N) is 1. The van der Waals surface area contributed by atoms with Crippen LogP contribution in [-0.2, 0) is 45.2 Å². The van der Waals surface area contributed by atoms with Gasteiger partial charge in [-0.1, -0.05) is 35.5 Å². The lowest BCUT2D eigenvalue weighted by Gasteiger charge is -2.21. The standard InChI is InChI=1S/C31H28F4N6O7S2/c32-10-11-47-22-6-4-18(5-7-22)14-26(28(42)37-25(29(43)44)13-19-2-1-3-20(12-19)31(33,34)35)41-16-21(39-40-41)17-48-23-8-9-24-27(15-23)49-30(38-24)50(36,45)46/h1-9,12,15-16,25-26H,10-11,13-14,17H2,(H,37,42)(H,43,44)(H2,36,45,46). The molecule has 0 bridgehead atoms. The van der Waals surface area contributed by atoms with Crippen LogP contribution in [0.25, 0.3) is 10.2 Å². The highest BCUT2D eigenvalue weighted by molar-refractivity contribution is 7.91. The Bertz CT molecular complexity index is 2090. The van der Waals surface area contributed by atoms with Gasteiger partial charge >= 0.3 is 12.1 Å². The number of fused-ring (bicyclic) bond motifs is 1. The van der Waals surface area contributed by atoms with Crippen molar-refractivity contribution in [2.75, 3.05) is 13.3 Å². The van der Waals surface area contributed by atoms with E-state index < -0.39 is 58.8 Å². The summed E-state index contributed by atoms with van der Waals surface area (Å²) in [5.41, 5.74) is 0.352. The number of carboxylic acids is 1. The van der Waals surface area contributed by atoms with Gasteiger partial charge in [-0.25, -0.2) is 32.4 Å². The second-order valence-electron chi connectivity index (χ2n) is 10.8. The van der Waals surface area contributed by atoms with Crippen LogP contribution >= 0.6 is 11.3 Å². The number of carbonyl (C=O) groups is 2. The van der Waals surface area contributed by atoms with Gasteiger partial charge in [0.25, 0.3) is 10.0 Å². The molecule has 0 saturated heterocycles. The summed E-state index contributed by atoms with van der Waals surface area (Å²) < 4.78 is 88.1. The Balaban J connectivity index is 1.35. The number of hydrogen-bond acceptors (Lipinski definition) is 10. The molecule has 0 fully saturated rings. The minimum absolute atomic E-state index is 0.0246. The van der Waals surface area contributed by atoms with E-state index in [1.807, 2.05) is 0 Å². The molecule has 4 N–H and O–H groups in total. The summed E-state index contributed by atoms with van der Waals surface area (Å²) in [4.78, 5) is 29.8. The van der Waals surface area contributed by atoms with Crippen LogP contribution in [0.15, 0.2) is 77.3 Å². The number of hydrogen-bond donors (Lipinski definition) is 3. The number of nitrogens with zero attached hydrogens (tertiary/aromatic N) is 4. The number of rotatable bonds is 15. The first-order chi connectivity index (χ1) is 23.7. The van der Waals surface area contributed by atoms with Crippen molar-refractivity contribution in [3.63, 3.8) is 0 Å². The molecule has 264 valence electrons. The zero-order valence-electron chi connectivity index (χ0n) is 25.7.